The van der Waals surface area contributed by atoms with Crippen molar-refractivity contribution in [1.29, 1.82) is 0 Å². The van der Waals surface area contributed by atoms with Crippen LogP contribution in [0.25, 0.3) is 0 Å². The van der Waals surface area contributed by atoms with Crippen LogP contribution in [0.1, 0.15) is 37.8 Å². The number of thiophene rings is 1. The maximum absolute atomic E-state index is 12.7. The highest BCUT2D eigenvalue weighted by atomic mass is 35.5. The van der Waals surface area contributed by atoms with Crippen LogP contribution < -0.4 is 5.32 Å². The molecule has 0 saturated heterocycles. The fourth-order valence-corrected chi connectivity index (χ4v) is 5.86. The van der Waals surface area contributed by atoms with E-state index in [1.807, 2.05) is 0 Å². The van der Waals surface area contributed by atoms with Crippen molar-refractivity contribution >= 4 is 49.7 Å². The summed E-state index contributed by atoms with van der Waals surface area (Å²) in [6.07, 6.45) is 2.53. The molecule has 0 radical (unpaired) electrons. The molecule has 0 aliphatic heterocycles. The fraction of sp³-hybridized carbons (Fsp3) is 0.200. The molecule has 10 heteroatoms. The molecule has 1 amide bonds. The van der Waals surface area contributed by atoms with Crippen molar-refractivity contribution in [3.63, 3.8) is 0 Å². The highest BCUT2D eigenvalue weighted by molar-refractivity contribution is 7.91. The minimum absolute atomic E-state index is 0.00383. The van der Waals surface area contributed by atoms with Gasteiger partial charge in [0, 0.05) is 9.90 Å². The van der Waals surface area contributed by atoms with Gasteiger partial charge in [-0.1, -0.05) is 11.6 Å². The molecule has 0 fully saturated rings. The third kappa shape index (κ3) is 3.64. The van der Waals surface area contributed by atoms with Crippen molar-refractivity contribution in [3.05, 3.63) is 63.2 Å². The van der Waals surface area contributed by atoms with E-state index in [0.29, 0.717) is 15.6 Å². The standard InChI is InChI=1S/C20H16ClNO6S2/c1-27-20(24)17-13-3-2-4-15(13)29-19(17)22-18(23)14-9-10-16(28-14)30(25,26)12-7-5-11(21)6-8-12/h5-10H,2-4H2,1H3,(H,22,23). The monoisotopic (exact) mass is 465 g/mol. The number of benzene rings is 1. The van der Waals surface area contributed by atoms with E-state index in [-0.39, 0.29) is 15.7 Å². The molecule has 1 aliphatic carbocycles. The maximum atomic E-state index is 12.7. The van der Waals surface area contributed by atoms with Crippen LogP contribution in [0.15, 0.2) is 50.8 Å². The van der Waals surface area contributed by atoms with Crippen LogP contribution >= 0.6 is 22.9 Å². The number of furan rings is 1. The van der Waals surface area contributed by atoms with Gasteiger partial charge in [0.25, 0.3) is 5.91 Å². The van der Waals surface area contributed by atoms with Gasteiger partial charge >= 0.3 is 5.97 Å². The van der Waals surface area contributed by atoms with E-state index in [9.17, 15) is 18.0 Å². The molecule has 0 bridgehead atoms. The molecule has 0 atom stereocenters. The third-order valence-corrected chi connectivity index (χ3v) is 7.83. The van der Waals surface area contributed by atoms with Gasteiger partial charge in [-0.05, 0) is 61.2 Å². The highest BCUT2D eigenvalue weighted by Gasteiger charge is 2.29. The Morgan fingerprint density at radius 3 is 2.57 bits per heavy atom. The average Bonchev–Trinajstić information content (AvgIpc) is 3.44. The number of fused-ring (bicyclic) bond motifs is 1. The van der Waals surface area contributed by atoms with E-state index in [4.69, 9.17) is 20.8 Å². The molecule has 1 aliphatic rings. The number of aryl methyl sites for hydroxylation is 1. The van der Waals surface area contributed by atoms with Crippen molar-refractivity contribution in [1.82, 2.24) is 0 Å². The van der Waals surface area contributed by atoms with E-state index < -0.39 is 21.7 Å². The first-order chi connectivity index (χ1) is 14.3. The maximum Gasteiger partial charge on any atom is 0.341 e. The molecule has 3 aromatic rings. The molecular weight excluding hydrogens is 450 g/mol. The van der Waals surface area contributed by atoms with Crippen LogP contribution in [-0.4, -0.2) is 27.4 Å². The summed E-state index contributed by atoms with van der Waals surface area (Å²) in [5.74, 6) is -1.36. The number of hydrogen-bond donors (Lipinski definition) is 1. The number of carbonyl (C=O) groups is 2. The van der Waals surface area contributed by atoms with Gasteiger partial charge in [-0.2, -0.15) is 0 Å². The van der Waals surface area contributed by atoms with Gasteiger partial charge in [0.2, 0.25) is 14.9 Å². The number of ether oxygens (including phenoxy) is 1. The lowest BCUT2D eigenvalue weighted by atomic mass is 10.1. The van der Waals surface area contributed by atoms with Crippen LogP contribution in [0, 0.1) is 0 Å². The number of halogens is 1. The molecule has 1 aromatic carbocycles. The van der Waals surface area contributed by atoms with Gasteiger partial charge < -0.3 is 14.5 Å². The predicted octanol–water partition coefficient (Wildman–Crippen LogP) is 4.35. The van der Waals surface area contributed by atoms with Gasteiger partial charge in [0.1, 0.15) is 5.00 Å². The number of amides is 1. The summed E-state index contributed by atoms with van der Waals surface area (Å²) in [4.78, 5) is 25.9. The Morgan fingerprint density at radius 1 is 1.13 bits per heavy atom. The van der Waals surface area contributed by atoms with Crippen molar-refractivity contribution in [2.24, 2.45) is 0 Å². The summed E-state index contributed by atoms with van der Waals surface area (Å²) in [7, 11) is -2.66. The predicted molar refractivity (Wildman–Crippen MR) is 111 cm³/mol. The first kappa shape index (κ1) is 20.6. The Labute approximate surface area is 181 Å². The van der Waals surface area contributed by atoms with E-state index >= 15 is 0 Å². The fourth-order valence-electron chi connectivity index (χ4n) is 3.29. The highest BCUT2D eigenvalue weighted by Crippen LogP contribution is 2.39. The number of methoxy groups -OCH3 is 1. The Morgan fingerprint density at radius 2 is 1.87 bits per heavy atom. The molecule has 2 aromatic heterocycles. The second kappa shape index (κ2) is 7.90. The lowest BCUT2D eigenvalue weighted by Gasteiger charge is -2.06. The van der Waals surface area contributed by atoms with Gasteiger partial charge in [-0.15, -0.1) is 11.3 Å². The van der Waals surface area contributed by atoms with Crippen LogP contribution in [0.5, 0.6) is 0 Å². The molecule has 2 heterocycles. The van der Waals surface area contributed by atoms with E-state index in [2.05, 4.69) is 5.32 Å². The van der Waals surface area contributed by atoms with E-state index in [0.717, 1.165) is 29.7 Å². The first-order valence-electron chi connectivity index (χ1n) is 8.96. The molecular formula is C20H16ClNO6S2. The zero-order valence-corrected chi connectivity index (χ0v) is 18.1. The Kier molecular flexibility index (Phi) is 5.44. The lowest BCUT2D eigenvalue weighted by molar-refractivity contribution is 0.0601. The van der Waals surface area contributed by atoms with Crippen LogP contribution in [0.2, 0.25) is 5.02 Å². The molecule has 4 rings (SSSR count). The summed E-state index contributed by atoms with van der Waals surface area (Å²) < 4.78 is 35.6. The van der Waals surface area contributed by atoms with Gasteiger partial charge in [-0.3, -0.25) is 4.79 Å². The lowest BCUT2D eigenvalue weighted by Crippen LogP contribution is -2.14. The van der Waals surface area contributed by atoms with E-state index in [1.165, 1.54) is 54.8 Å². The van der Waals surface area contributed by atoms with Gasteiger partial charge in [0.15, 0.2) is 5.76 Å². The number of carbonyl (C=O) groups excluding carboxylic acids is 2. The SMILES string of the molecule is COC(=O)c1c(NC(=O)c2ccc(S(=O)(=O)c3ccc(Cl)cc3)o2)sc2c1CCC2. The molecule has 0 unspecified atom stereocenters. The smallest absolute Gasteiger partial charge is 0.341 e. The van der Waals surface area contributed by atoms with Crippen LogP contribution in [0.3, 0.4) is 0 Å². The Hall–Kier alpha value is -2.62. The van der Waals surface area contributed by atoms with Crippen molar-refractivity contribution in [2.45, 2.75) is 29.3 Å². The number of rotatable bonds is 5. The largest absolute Gasteiger partial charge is 0.465 e. The first-order valence-corrected chi connectivity index (χ1v) is 11.6. The number of hydrogen-bond acceptors (Lipinski definition) is 7. The molecule has 7 nitrogen and oxygen atoms in total. The Balaban J connectivity index is 1.60. The summed E-state index contributed by atoms with van der Waals surface area (Å²) >= 11 is 7.12. The minimum Gasteiger partial charge on any atom is -0.465 e. The van der Waals surface area contributed by atoms with E-state index in [1.54, 1.807) is 0 Å². The molecule has 1 N–H and O–H groups in total. The van der Waals surface area contributed by atoms with Crippen molar-refractivity contribution < 1.29 is 27.2 Å². The minimum atomic E-state index is -3.94. The van der Waals surface area contributed by atoms with Gasteiger partial charge in [-0.25, -0.2) is 13.2 Å². The van der Waals surface area contributed by atoms with Crippen molar-refractivity contribution in [3.8, 4) is 0 Å². The van der Waals surface area contributed by atoms with Crippen LogP contribution in [-0.2, 0) is 27.4 Å². The van der Waals surface area contributed by atoms with Crippen LogP contribution in [0.4, 0.5) is 5.00 Å². The summed E-state index contributed by atoms with van der Waals surface area (Å²) in [6, 6.07) is 8.11. The second-order valence-corrected chi connectivity index (χ2v) is 10.0. The quantitative estimate of drug-likeness (QED) is 0.562. The van der Waals surface area contributed by atoms with Crippen molar-refractivity contribution in [2.75, 3.05) is 12.4 Å². The van der Waals surface area contributed by atoms with Gasteiger partial charge in [0.05, 0.1) is 17.6 Å². The summed E-state index contributed by atoms with van der Waals surface area (Å²) in [5.41, 5.74) is 1.25. The summed E-state index contributed by atoms with van der Waals surface area (Å²) in [6.45, 7) is 0. The molecule has 0 saturated carbocycles. The molecule has 30 heavy (non-hydrogen) atoms. The number of sulfone groups is 1. The molecule has 156 valence electrons. The molecule has 0 spiro atoms. The number of nitrogens with one attached hydrogen (secondary N) is 1. The number of esters is 1. The Bertz CT molecular complexity index is 1240. The topological polar surface area (TPSA) is 103 Å². The number of anilines is 1. The zero-order valence-electron chi connectivity index (χ0n) is 15.7. The normalized spacial score (nSPS) is 13.1. The third-order valence-electron chi connectivity index (χ3n) is 4.73. The summed E-state index contributed by atoms with van der Waals surface area (Å²) in [5, 5.41) is 3.06. The second-order valence-electron chi connectivity index (χ2n) is 6.58. The average molecular weight is 466 g/mol. The zero-order chi connectivity index (χ0) is 21.5.